The highest BCUT2D eigenvalue weighted by molar-refractivity contribution is 6.04. The molecule has 3 amide bonds. The number of fused-ring (bicyclic) bond motifs is 1. The van der Waals surface area contributed by atoms with Gasteiger partial charge in [-0.05, 0) is 64.4 Å². The number of nitrogens with zero attached hydrogens (tertiary/aromatic N) is 2. The van der Waals surface area contributed by atoms with Gasteiger partial charge in [0, 0.05) is 16.8 Å². The minimum Gasteiger partial charge on any atom is -0.330 e. The van der Waals surface area contributed by atoms with Crippen LogP contribution >= 0.6 is 0 Å². The molecule has 1 aromatic rings. The van der Waals surface area contributed by atoms with E-state index >= 15 is 0 Å². The molecule has 31 heavy (non-hydrogen) atoms. The van der Waals surface area contributed by atoms with Gasteiger partial charge in [0.25, 0.3) is 0 Å². The average molecular weight is 421 g/mol. The molecule has 0 unspecified atom stereocenters. The Morgan fingerprint density at radius 2 is 1.90 bits per heavy atom. The van der Waals surface area contributed by atoms with Crippen LogP contribution in [0.5, 0.6) is 0 Å². The van der Waals surface area contributed by atoms with Gasteiger partial charge in [0.1, 0.15) is 0 Å². The van der Waals surface area contributed by atoms with Crippen molar-refractivity contribution in [2.24, 2.45) is 0 Å². The first-order valence-corrected chi connectivity index (χ1v) is 11.0. The lowest BCUT2D eigenvalue weighted by Gasteiger charge is -2.49. The van der Waals surface area contributed by atoms with Crippen molar-refractivity contribution in [3.8, 4) is 0 Å². The van der Waals surface area contributed by atoms with Gasteiger partial charge in [-0.15, -0.1) is 0 Å². The van der Waals surface area contributed by atoms with E-state index in [1.165, 1.54) is 0 Å². The van der Waals surface area contributed by atoms with Crippen LogP contribution in [0.3, 0.4) is 0 Å². The summed E-state index contributed by atoms with van der Waals surface area (Å²) in [5.41, 5.74) is 3.33. The molecule has 1 aromatic carbocycles. The molecule has 1 saturated carbocycles. The minimum atomic E-state index is -0.247. The van der Waals surface area contributed by atoms with Gasteiger partial charge in [-0.25, -0.2) is 4.79 Å². The first-order valence-electron chi connectivity index (χ1n) is 11.0. The predicted octanol–water partition coefficient (Wildman–Crippen LogP) is 4.01. The number of carbonyl (C=O) groups excluding carboxylic acids is 2. The van der Waals surface area contributed by atoms with E-state index in [9.17, 15) is 9.59 Å². The molecule has 0 atom stereocenters. The number of carbonyl (C=O) groups is 2. The molecular weight excluding hydrogens is 388 g/mol. The van der Waals surface area contributed by atoms with E-state index in [1.54, 1.807) is 0 Å². The lowest BCUT2D eigenvalue weighted by Crippen LogP contribution is -2.56. The molecule has 2 heterocycles. The van der Waals surface area contributed by atoms with E-state index in [0.29, 0.717) is 13.0 Å². The topological polar surface area (TPSA) is 64.7 Å². The number of urea groups is 1. The highest BCUT2D eigenvalue weighted by Gasteiger charge is 2.50. The van der Waals surface area contributed by atoms with Crippen LogP contribution < -0.4 is 15.5 Å². The summed E-state index contributed by atoms with van der Waals surface area (Å²) in [4.78, 5) is 29.0. The Morgan fingerprint density at radius 1 is 1.16 bits per heavy atom. The van der Waals surface area contributed by atoms with Crippen LogP contribution in [0.25, 0.3) is 0 Å². The summed E-state index contributed by atoms with van der Waals surface area (Å²) in [5, 5.41) is 6.17. The molecule has 1 aliphatic carbocycles. The molecule has 4 rings (SSSR count). The second-order valence-corrected chi connectivity index (χ2v) is 9.16. The lowest BCUT2D eigenvalue weighted by molar-refractivity contribution is -0.115. The number of likely N-dealkylation sites (N-methyl/N-ethyl adjacent to an activating group) is 1. The second-order valence-electron chi connectivity index (χ2n) is 9.16. The molecule has 2 fully saturated rings. The number of amides is 3. The van der Waals surface area contributed by atoms with Crippen molar-refractivity contribution in [1.82, 2.24) is 10.2 Å². The van der Waals surface area contributed by atoms with E-state index in [4.69, 9.17) is 0 Å². The number of anilines is 2. The van der Waals surface area contributed by atoms with Crippen LogP contribution in [0.15, 0.2) is 54.7 Å². The maximum absolute atomic E-state index is 13.0. The van der Waals surface area contributed by atoms with Gasteiger partial charge in [0.2, 0.25) is 5.91 Å². The molecule has 6 heteroatoms. The van der Waals surface area contributed by atoms with E-state index in [1.807, 2.05) is 48.3 Å². The Labute approximate surface area is 184 Å². The first kappa shape index (κ1) is 21.4. The van der Waals surface area contributed by atoms with Gasteiger partial charge in [-0.3, -0.25) is 14.6 Å². The zero-order chi connectivity index (χ0) is 22.2. The molecule has 0 radical (unpaired) electrons. The number of hydrogen-bond acceptors (Lipinski definition) is 3. The molecular formula is C25H32N4O2. The monoisotopic (exact) mass is 420 g/mol. The number of allylic oxidation sites excluding steroid dienone is 3. The molecule has 2 N–H and O–H groups in total. The third-order valence-electron chi connectivity index (χ3n) is 7.22. The molecule has 164 valence electrons. The van der Waals surface area contributed by atoms with Gasteiger partial charge in [-0.1, -0.05) is 36.9 Å². The maximum atomic E-state index is 13.0. The van der Waals surface area contributed by atoms with E-state index in [-0.39, 0.29) is 23.0 Å². The van der Waals surface area contributed by atoms with Gasteiger partial charge >= 0.3 is 6.03 Å². The summed E-state index contributed by atoms with van der Waals surface area (Å²) in [5.74, 6) is -0.0188. The lowest BCUT2D eigenvalue weighted by atomic mass is 9.68. The highest BCUT2D eigenvalue weighted by atomic mass is 16.2. The van der Waals surface area contributed by atoms with Crippen molar-refractivity contribution in [2.45, 2.75) is 50.1 Å². The third-order valence-corrected chi connectivity index (χ3v) is 7.22. The SMILES string of the molecule is C=C(/C=C\C=C/C)[C@]1(N(C)C)CC[C@@]2(CC1)CN(c1cccc3c1CC(=O)N3)C(=O)N2. The number of hydrogen-bond donors (Lipinski definition) is 2. The van der Waals surface area contributed by atoms with Crippen molar-refractivity contribution in [3.05, 3.63) is 60.2 Å². The second kappa shape index (κ2) is 8.00. The normalized spacial score (nSPS) is 28.1. The molecule has 1 saturated heterocycles. The fraction of sp³-hybridized carbons (Fsp3) is 0.440. The fourth-order valence-electron chi connectivity index (χ4n) is 5.31. The van der Waals surface area contributed by atoms with Crippen molar-refractivity contribution in [3.63, 3.8) is 0 Å². The molecule has 2 aliphatic heterocycles. The fourth-order valence-corrected chi connectivity index (χ4v) is 5.31. The summed E-state index contributed by atoms with van der Waals surface area (Å²) in [6.07, 6.45) is 12.1. The van der Waals surface area contributed by atoms with E-state index in [2.05, 4.69) is 42.3 Å². The molecule has 6 nitrogen and oxygen atoms in total. The summed E-state index contributed by atoms with van der Waals surface area (Å²) in [7, 11) is 4.23. The Morgan fingerprint density at radius 3 is 2.58 bits per heavy atom. The van der Waals surface area contributed by atoms with Crippen LogP contribution in [-0.4, -0.2) is 48.6 Å². The maximum Gasteiger partial charge on any atom is 0.322 e. The average Bonchev–Trinajstić information content (AvgIpc) is 3.27. The molecule has 3 aliphatic rings. The first-order chi connectivity index (χ1) is 14.8. The van der Waals surface area contributed by atoms with Gasteiger partial charge in [0.15, 0.2) is 0 Å². The summed E-state index contributed by atoms with van der Waals surface area (Å²) in [6.45, 7) is 7.01. The van der Waals surface area contributed by atoms with Gasteiger partial charge in [0.05, 0.1) is 24.2 Å². The van der Waals surface area contributed by atoms with E-state index < -0.39 is 0 Å². The Bertz CT molecular complexity index is 968. The number of rotatable bonds is 5. The van der Waals surface area contributed by atoms with E-state index in [0.717, 1.165) is 48.2 Å². The molecule has 1 spiro atoms. The Balaban J connectivity index is 1.53. The van der Waals surface area contributed by atoms with Crippen LogP contribution in [0.2, 0.25) is 0 Å². The third kappa shape index (κ3) is 3.69. The molecule has 0 bridgehead atoms. The zero-order valence-corrected chi connectivity index (χ0v) is 18.7. The van der Waals surface area contributed by atoms with Crippen LogP contribution in [0.1, 0.15) is 38.2 Å². The van der Waals surface area contributed by atoms with Gasteiger partial charge < -0.3 is 10.6 Å². The van der Waals surface area contributed by atoms with Crippen LogP contribution in [-0.2, 0) is 11.2 Å². The Kier molecular flexibility index (Phi) is 5.52. The number of benzene rings is 1. The van der Waals surface area contributed by atoms with Gasteiger partial charge in [-0.2, -0.15) is 0 Å². The number of nitrogens with one attached hydrogen (secondary N) is 2. The van der Waals surface area contributed by atoms with Crippen LogP contribution in [0, 0.1) is 0 Å². The summed E-state index contributed by atoms with van der Waals surface area (Å²) in [6, 6.07) is 5.67. The quantitative estimate of drug-likeness (QED) is 0.708. The van der Waals surface area contributed by atoms with Crippen molar-refractivity contribution in [2.75, 3.05) is 30.9 Å². The van der Waals surface area contributed by atoms with Crippen molar-refractivity contribution >= 4 is 23.3 Å². The largest absolute Gasteiger partial charge is 0.330 e. The molecule has 0 aromatic heterocycles. The van der Waals surface area contributed by atoms with Crippen molar-refractivity contribution < 1.29 is 9.59 Å². The smallest absolute Gasteiger partial charge is 0.322 e. The Hall–Kier alpha value is -2.86. The minimum absolute atomic E-state index is 0.0188. The zero-order valence-electron chi connectivity index (χ0n) is 18.7. The van der Waals surface area contributed by atoms with Crippen molar-refractivity contribution in [1.29, 1.82) is 0 Å². The standard InChI is InChI=1S/C25H32N4O2/c1-5-6-7-9-18(2)25(28(3)4)14-12-24(13-15-25)17-29(23(31)27-24)21-11-8-10-20-19(21)16-22(30)26-20/h5-11H,2,12-17H2,1,3-4H3,(H,26,30)(H,27,31)/b6-5-,9-7-/t24-,25+. The van der Waals surface area contributed by atoms with Crippen LogP contribution in [0.4, 0.5) is 16.2 Å². The summed E-state index contributed by atoms with van der Waals surface area (Å²) >= 11 is 0. The highest BCUT2D eigenvalue weighted by Crippen LogP contribution is 2.45. The predicted molar refractivity (Wildman–Crippen MR) is 125 cm³/mol. The summed E-state index contributed by atoms with van der Waals surface area (Å²) < 4.78 is 0.